The number of hydrogen-bond donors (Lipinski definition) is 2. The van der Waals surface area contributed by atoms with Gasteiger partial charge in [0.1, 0.15) is 5.82 Å². The van der Waals surface area contributed by atoms with Gasteiger partial charge in [0, 0.05) is 5.41 Å². The summed E-state index contributed by atoms with van der Waals surface area (Å²) in [5.74, 6) is 0.937. The van der Waals surface area contributed by atoms with Crippen molar-refractivity contribution in [3.8, 4) is 0 Å². The molecule has 4 aromatic rings. The standard InChI is InChI=1S/C18H22N6S/c1-5-11(15-19-12-8-6-7-9-13(12)20-15)21-16-23-24-10-14(18(2,3)4)22-17(24)25-16/h6-11H,5H2,1-4H3,(H,19,20)(H,21,23). The molecule has 0 saturated carbocycles. The Hall–Kier alpha value is -2.41. The third-order valence-corrected chi connectivity index (χ3v) is 5.11. The number of benzene rings is 1. The minimum Gasteiger partial charge on any atom is -0.350 e. The van der Waals surface area contributed by atoms with Gasteiger partial charge in [0.25, 0.3) is 0 Å². The molecule has 7 heteroatoms. The molecule has 2 N–H and O–H groups in total. The zero-order chi connectivity index (χ0) is 17.6. The monoisotopic (exact) mass is 354 g/mol. The largest absolute Gasteiger partial charge is 0.350 e. The Morgan fingerprint density at radius 3 is 2.72 bits per heavy atom. The molecule has 3 heterocycles. The molecule has 130 valence electrons. The van der Waals surface area contributed by atoms with E-state index in [9.17, 15) is 0 Å². The Morgan fingerprint density at radius 2 is 2.04 bits per heavy atom. The Morgan fingerprint density at radius 1 is 1.24 bits per heavy atom. The smallest absolute Gasteiger partial charge is 0.214 e. The van der Waals surface area contributed by atoms with Gasteiger partial charge in [0.15, 0.2) is 0 Å². The molecule has 0 aliphatic carbocycles. The molecule has 0 saturated heterocycles. The van der Waals surface area contributed by atoms with E-state index in [-0.39, 0.29) is 11.5 Å². The van der Waals surface area contributed by atoms with Crippen LogP contribution in [-0.4, -0.2) is 24.6 Å². The molecule has 0 bridgehead atoms. The van der Waals surface area contributed by atoms with Gasteiger partial charge in [0.2, 0.25) is 10.1 Å². The third-order valence-electron chi connectivity index (χ3n) is 4.26. The first-order valence-corrected chi connectivity index (χ1v) is 9.33. The van der Waals surface area contributed by atoms with Crippen molar-refractivity contribution in [1.29, 1.82) is 0 Å². The SMILES string of the molecule is CCC(Nc1nn2cc(C(C)(C)C)nc2s1)c1nc2ccccc2[nH]1. The number of para-hydroxylation sites is 2. The summed E-state index contributed by atoms with van der Waals surface area (Å²) >= 11 is 1.57. The summed E-state index contributed by atoms with van der Waals surface area (Å²) in [6, 6.07) is 8.17. The first-order chi connectivity index (χ1) is 11.9. The highest BCUT2D eigenvalue weighted by Crippen LogP contribution is 2.28. The summed E-state index contributed by atoms with van der Waals surface area (Å²) in [6.45, 7) is 8.62. The average molecular weight is 354 g/mol. The van der Waals surface area contributed by atoms with Gasteiger partial charge in [-0.3, -0.25) is 0 Å². The molecule has 4 rings (SSSR count). The second kappa shape index (κ2) is 5.84. The van der Waals surface area contributed by atoms with Crippen LogP contribution in [-0.2, 0) is 5.41 Å². The van der Waals surface area contributed by atoms with Gasteiger partial charge in [-0.05, 0) is 18.6 Å². The predicted octanol–water partition coefficient (Wildman–Crippen LogP) is 4.53. The van der Waals surface area contributed by atoms with Crippen LogP contribution in [0.1, 0.15) is 51.7 Å². The van der Waals surface area contributed by atoms with Gasteiger partial charge in [0.05, 0.1) is 29.0 Å². The highest BCUT2D eigenvalue weighted by atomic mass is 32.1. The molecule has 0 spiro atoms. The highest BCUT2D eigenvalue weighted by molar-refractivity contribution is 7.20. The fourth-order valence-corrected chi connectivity index (χ4v) is 3.60. The van der Waals surface area contributed by atoms with Crippen LogP contribution in [0.4, 0.5) is 5.13 Å². The maximum Gasteiger partial charge on any atom is 0.214 e. The van der Waals surface area contributed by atoms with Crippen LogP contribution in [0.2, 0.25) is 0 Å². The number of rotatable bonds is 4. The Balaban J connectivity index is 1.60. The van der Waals surface area contributed by atoms with E-state index in [0.29, 0.717) is 0 Å². The molecule has 1 unspecified atom stereocenters. The first kappa shape index (κ1) is 16.1. The number of nitrogens with one attached hydrogen (secondary N) is 2. The fourth-order valence-electron chi connectivity index (χ4n) is 2.77. The first-order valence-electron chi connectivity index (χ1n) is 8.52. The zero-order valence-electron chi connectivity index (χ0n) is 14.9. The van der Waals surface area contributed by atoms with E-state index in [4.69, 9.17) is 9.97 Å². The number of hydrogen-bond acceptors (Lipinski definition) is 5. The normalized spacial score (nSPS) is 13.6. The molecule has 0 radical (unpaired) electrons. The molecular weight excluding hydrogens is 332 g/mol. The van der Waals surface area contributed by atoms with Gasteiger partial charge in [-0.15, -0.1) is 5.10 Å². The van der Waals surface area contributed by atoms with Gasteiger partial charge >= 0.3 is 0 Å². The van der Waals surface area contributed by atoms with E-state index in [1.807, 2.05) is 35.0 Å². The van der Waals surface area contributed by atoms with Crippen molar-refractivity contribution < 1.29 is 0 Å². The van der Waals surface area contributed by atoms with Crippen LogP contribution >= 0.6 is 11.3 Å². The van der Waals surface area contributed by atoms with Crippen molar-refractivity contribution in [2.45, 2.75) is 45.6 Å². The van der Waals surface area contributed by atoms with Gasteiger partial charge in [-0.1, -0.05) is 51.2 Å². The van der Waals surface area contributed by atoms with Crippen molar-refractivity contribution in [2.24, 2.45) is 0 Å². The number of aromatic amines is 1. The van der Waals surface area contributed by atoms with Gasteiger partial charge < -0.3 is 10.3 Å². The van der Waals surface area contributed by atoms with Crippen LogP contribution in [0.15, 0.2) is 30.5 Å². The molecular formula is C18H22N6S. The molecule has 1 aromatic carbocycles. The Kier molecular flexibility index (Phi) is 3.76. The number of fused-ring (bicyclic) bond motifs is 2. The van der Waals surface area contributed by atoms with Crippen molar-refractivity contribution in [3.05, 3.63) is 42.0 Å². The van der Waals surface area contributed by atoms with Crippen molar-refractivity contribution in [1.82, 2.24) is 24.6 Å². The minimum atomic E-state index is 0.0290. The van der Waals surface area contributed by atoms with Gasteiger partial charge in [-0.2, -0.15) is 0 Å². The fraction of sp³-hybridized carbons (Fsp3) is 0.389. The van der Waals surface area contributed by atoms with Crippen molar-refractivity contribution in [3.63, 3.8) is 0 Å². The molecule has 1 atom stereocenters. The number of aromatic nitrogens is 5. The lowest BCUT2D eigenvalue weighted by molar-refractivity contribution is 0.572. The average Bonchev–Trinajstić information content (AvgIpc) is 3.23. The molecule has 0 fully saturated rings. The summed E-state index contributed by atoms with van der Waals surface area (Å²) in [7, 11) is 0. The lowest BCUT2D eigenvalue weighted by Crippen LogP contribution is -2.12. The summed E-state index contributed by atoms with van der Waals surface area (Å²) in [5.41, 5.74) is 3.13. The number of nitrogens with zero attached hydrogens (tertiary/aromatic N) is 4. The predicted molar refractivity (Wildman–Crippen MR) is 102 cm³/mol. The van der Waals surface area contributed by atoms with Crippen LogP contribution in [0.5, 0.6) is 0 Å². The Labute approximate surface area is 150 Å². The summed E-state index contributed by atoms with van der Waals surface area (Å²) in [6.07, 6.45) is 2.92. The van der Waals surface area contributed by atoms with Crippen molar-refractivity contribution in [2.75, 3.05) is 5.32 Å². The minimum absolute atomic E-state index is 0.0290. The second-order valence-corrected chi connectivity index (χ2v) is 8.21. The molecule has 0 aliphatic heterocycles. The lowest BCUT2D eigenvalue weighted by atomic mass is 9.93. The van der Waals surface area contributed by atoms with E-state index in [2.05, 4.69) is 43.1 Å². The number of anilines is 1. The molecule has 6 nitrogen and oxygen atoms in total. The van der Waals surface area contributed by atoms with E-state index < -0.39 is 0 Å². The topological polar surface area (TPSA) is 70.9 Å². The quantitative estimate of drug-likeness (QED) is 0.565. The van der Waals surface area contributed by atoms with Crippen LogP contribution < -0.4 is 5.32 Å². The summed E-state index contributed by atoms with van der Waals surface area (Å²) in [5, 5.41) is 8.98. The summed E-state index contributed by atoms with van der Waals surface area (Å²) in [4.78, 5) is 13.7. The summed E-state index contributed by atoms with van der Waals surface area (Å²) < 4.78 is 1.86. The maximum atomic E-state index is 4.70. The second-order valence-electron chi connectivity index (χ2n) is 7.25. The van der Waals surface area contributed by atoms with Crippen LogP contribution in [0, 0.1) is 0 Å². The van der Waals surface area contributed by atoms with Gasteiger partial charge in [-0.25, -0.2) is 14.5 Å². The van der Waals surface area contributed by atoms with E-state index in [0.717, 1.165) is 39.1 Å². The Bertz CT molecular complexity index is 955. The zero-order valence-corrected chi connectivity index (χ0v) is 15.7. The number of imidazole rings is 2. The van der Waals surface area contributed by atoms with Crippen LogP contribution in [0.25, 0.3) is 16.0 Å². The van der Waals surface area contributed by atoms with Crippen molar-refractivity contribution >= 4 is 32.5 Å². The molecule has 0 aliphatic rings. The van der Waals surface area contributed by atoms with Crippen LogP contribution in [0.3, 0.4) is 0 Å². The van der Waals surface area contributed by atoms with E-state index in [1.54, 1.807) is 11.3 Å². The highest BCUT2D eigenvalue weighted by Gasteiger charge is 2.21. The van der Waals surface area contributed by atoms with E-state index >= 15 is 0 Å². The lowest BCUT2D eigenvalue weighted by Gasteiger charge is -2.14. The maximum absolute atomic E-state index is 4.70. The third kappa shape index (κ3) is 3.00. The molecule has 25 heavy (non-hydrogen) atoms. The molecule has 3 aromatic heterocycles. The number of H-pyrrole nitrogens is 1. The van der Waals surface area contributed by atoms with E-state index in [1.165, 1.54) is 0 Å². The molecule has 0 amide bonds.